The van der Waals surface area contributed by atoms with Crippen molar-refractivity contribution >= 4 is 22.8 Å². The van der Waals surface area contributed by atoms with Crippen molar-refractivity contribution in [2.24, 2.45) is 0 Å². The van der Waals surface area contributed by atoms with Crippen LogP contribution in [0.1, 0.15) is 63.4 Å². The normalized spacial score (nSPS) is 17.9. The summed E-state index contributed by atoms with van der Waals surface area (Å²) in [6.07, 6.45) is 3.07. The van der Waals surface area contributed by atoms with Gasteiger partial charge in [-0.3, -0.25) is 0 Å². The van der Waals surface area contributed by atoms with Gasteiger partial charge in [0.2, 0.25) is 0 Å². The molecule has 2 aliphatic heterocycles. The van der Waals surface area contributed by atoms with Crippen LogP contribution in [0.15, 0.2) is 24.4 Å². The summed E-state index contributed by atoms with van der Waals surface area (Å²) >= 11 is 0. The average molecular weight is 537 g/mol. The first-order valence-electron chi connectivity index (χ1n) is 13.8. The molecule has 2 aliphatic rings. The van der Waals surface area contributed by atoms with E-state index in [9.17, 15) is 9.90 Å². The number of aromatic nitrogens is 4. The van der Waals surface area contributed by atoms with E-state index in [0.717, 1.165) is 48.5 Å². The number of piperidine rings is 1. The van der Waals surface area contributed by atoms with E-state index in [1.165, 1.54) is 11.1 Å². The Kier molecular flexibility index (Phi) is 7.52. The number of benzene rings is 1. The highest BCUT2D eigenvalue weighted by atomic mass is 16.6. The van der Waals surface area contributed by atoms with E-state index in [1.807, 2.05) is 49.5 Å². The molecule has 4 heterocycles. The van der Waals surface area contributed by atoms with Crippen molar-refractivity contribution < 1.29 is 19.4 Å². The van der Waals surface area contributed by atoms with Crippen molar-refractivity contribution in [2.45, 2.75) is 78.1 Å². The number of nitrogens with zero attached hydrogens (tertiary/aromatic N) is 6. The fraction of sp³-hybridized carbons (Fsp3) is 0.586. The second-order valence-corrected chi connectivity index (χ2v) is 11.9. The third-order valence-electron chi connectivity index (χ3n) is 7.32. The molecule has 2 aromatic heterocycles. The molecule has 0 aliphatic carbocycles. The number of hydrogen-bond donors (Lipinski definition) is 1. The Bertz CT molecular complexity index is 1330. The van der Waals surface area contributed by atoms with E-state index < -0.39 is 11.7 Å². The Morgan fingerprint density at radius 3 is 2.46 bits per heavy atom. The molecule has 1 unspecified atom stereocenters. The number of anilines is 1. The maximum atomic E-state index is 12.5. The number of carbonyl (C=O) groups excluding carboxylic acids is 1. The molecule has 1 aromatic carbocycles. The van der Waals surface area contributed by atoms with Crippen LogP contribution < -0.4 is 4.90 Å². The minimum atomic E-state index is -0.489. The number of fused-ring (bicyclic) bond motifs is 1. The van der Waals surface area contributed by atoms with E-state index in [-0.39, 0.29) is 12.2 Å². The molecule has 0 bridgehead atoms. The molecule has 5 rings (SSSR count). The maximum Gasteiger partial charge on any atom is 0.410 e. The molecule has 0 saturated carbocycles. The number of amides is 1. The van der Waals surface area contributed by atoms with Crippen molar-refractivity contribution in [3.05, 3.63) is 41.3 Å². The Balaban J connectivity index is 1.34. The van der Waals surface area contributed by atoms with Crippen molar-refractivity contribution in [1.82, 2.24) is 24.6 Å². The molecule has 0 spiro atoms. The van der Waals surface area contributed by atoms with E-state index >= 15 is 0 Å². The number of aryl methyl sites for hydroxylation is 2. The zero-order valence-electron chi connectivity index (χ0n) is 23.8. The number of carbonyl (C=O) groups is 1. The number of likely N-dealkylation sites (tertiary alicyclic amines) is 1. The lowest BCUT2D eigenvalue weighted by Crippen LogP contribution is -2.53. The van der Waals surface area contributed by atoms with E-state index in [4.69, 9.17) is 19.6 Å². The molecular formula is C29H40N6O4. The summed E-state index contributed by atoms with van der Waals surface area (Å²) in [4.78, 5) is 25.9. The molecule has 10 nitrogen and oxygen atoms in total. The molecule has 210 valence electrons. The van der Waals surface area contributed by atoms with Crippen LogP contribution in [0, 0.1) is 13.8 Å². The van der Waals surface area contributed by atoms with Gasteiger partial charge in [-0.05, 0) is 83.6 Å². The van der Waals surface area contributed by atoms with E-state index in [2.05, 4.69) is 28.9 Å². The molecule has 10 heteroatoms. The average Bonchev–Trinajstić information content (AvgIpc) is 3.23. The van der Waals surface area contributed by atoms with E-state index in [0.29, 0.717) is 31.4 Å². The Hall–Kier alpha value is -3.24. The van der Waals surface area contributed by atoms with Crippen molar-refractivity contribution in [3.63, 3.8) is 0 Å². The highest BCUT2D eigenvalue weighted by Crippen LogP contribution is 2.34. The molecule has 3 aromatic rings. The minimum absolute atomic E-state index is 0.0936. The van der Waals surface area contributed by atoms with Gasteiger partial charge in [0.1, 0.15) is 17.2 Å². The number of ether oxygens (including phenoxy) is 2. The van der Waals surface area contributed by atoms with Crippen molar-refractivity contribution in [2.75, 3.05) is 37.7 Å². The maximum absolute atomic E-state index is 12.5. The molecule has 1 N–H and O–H groups in total. The predicted octanol–water partition coefficient (Wildman–Crippen LogP) is 4.13. The molecular weight excluding hydrogens is 496 g/mol. The van der Waals surface area contributed by atoms with Gasteiger partial charge in [-0.15, -0.1) is 0 Å². The first kappa shape index (κ1) is 27.3. The van der Waals surface area contributed by atoms with Crippen LogP contribution in [0.4, 0.5) is 10.6 Å². The smallest absolute Gasteiger partial charge is 0.410 e. The summed E-state index contributed by atoms with van der Waals surface area (Å²) in [5.74, 6) is 2.62. The summed E-state index contributed by atoms with van der Waals surface area (Å²) < 4.78 is 13.2. The summed E-state index contributed by atoms with van der Waals surface area (Å²) in [6, 6.07) is 6.41. The van der Waals surface area contributed by atoms with Gasteiger partial charge in [-0.1, -0.05) is 0 Å². The highest BCUT2D eigenvalue weighted by molar-refractivity contribution is 5.82. The monoisotopic (exact) mass is 536 g/mol. The second-order valence-electron chi connectivity index (χ2n) is 11.9. The van der Waals surface area contributed by atoms with Crippen molar-refractivity contribution in [3.8, 4) is 5.82 Å². The third-order valence-corrected chi connectivity index (χ3v) is 7.32. The van der Waals surface area contributed by atoms with Crippen LogP contribution in [0.25, 0.3) is 16.7 Å². The molecule has 1 amide bonds. The van der Waals surface area contributed by atoms with Crippen molar-refractivity contribution in [1.29, 1.82) is 0 Å². The van der Waals surface area contributed by atoms with Gasteiger partial charge in [0.25, 0.3) is 0 Å². The molecule has 1 atom stereocenters. The zero-order valence-corrected chi connectivity index (χ0v) is 23.8. The summed E-state index contributed by atoms with van der Waals surface area (Å²) in [6.45, 7) is 14.6. The van der Waals surface area contributed by atoms with Crippen LogP contribution in [-0.2, 0) is 9.47 Å². The first-order valence-corrected chi connectivity index (χ1v) is 13.8. The fourth-order valence-electron chi connectivity index (χ4n) is 5.34. The van der Waals surface area contributed by atoms with Crippen LogP contribution in [0.3, 0.4) is 0 Å². The first-order chi connectivity index (χ1) is 18.5. The van der Waals surface area contributed by atoms with Gasteiger partial charge in [0.15, 0.2) is 5.82 Å². The van der Waals surface area contributed by atoms with Crippen LogP contribution in [0.5, 0.6) is 0 Å². The topological polar surface area (TPSA) is 106 Å². The van der Waals surface area contributed by atoms with Crippen LogP contribution in [0.2, 0.25) is 0 Å². The van der Waals surface area contributed by atoms with Gasteiger partial charge in [0, 0.05) is 37.6 Å². The molecule has 2 fully saturated rings. The Labute approximate surface area is 229 Å². The SMILES string of the molecule is Cc1nc(N2CC(OCC(C)O)C2)cc(-n2ncc3cc(C)c(C4CCN(C(=O)OC(C)(C)C)CC4)cc32)n1. The van der Waals surface area contributed by atoms with Gasteiger partial charge < -0.3 is 24.4 Å². The third kappa shape index (κ3) is 6.17. The highest BCUT2D eigenvalue weighted by Gasteiger charge is 2.30. The number of rotatable bonds is 6. The largest absolute Gasteiger partial charge is 0.444 e. The van der Waals surface area contributed by atoms with Gasteiger partial charge in [-0.25, -0.2) is 19.4 Å². The van der Waals surface area contributed by atoms with E-state index in [1.54, 1.807) is 6.92 Å². The number of aliphatic hydroxyl groups is 1. The van der Waals surface area contributed by atoms with Gasteiger partial charge in [-0.2, -0.15) is 5.10 Å². The summed E-state index contributed by atoms with van der Waals surface area (Å²) in [5, 5.41) is 15.2. The Morgan fingerprint density at radius 2 is 1.79 bits per heavy atom. The fourth-order valence-corrected chi connectivity index (χ4v) is 5.34. The quantitative estimate of drug-likeness (QED) is 0.501. The van der Waals surface area contributed by atoms with Crippen LogP contribution in [-0.4, -0.2) is 86.4 Å². The summed E-state index contributed by atoms with van der Waals surface area (Å²) in [7, 11) is 0. The lowest BCUT2D eigenvalue weighted by molar-refractivity contribution is -0.0145. The lowest BCUT2D eigenvalue weighted by Gasteiger charge is -2.40. The predicted molar refractivity (Wildman–Crippen MR) is 150 cm³/mol. The number of hydrogen-bond acceptors (Lipinski definition) is 8. The Morgan fingerprint density at radius 1 is 1.10 bits per heavy atom. The van der Waals surface area contributed by atoms with Gasteiger partial charge >= 0.3 is 6.09 Å². The minimum Gasteiger partial charge on any atom is -0.444 e. The zero-order chi connectivity index (χ0) is 27.9. The molecule has 0 radical (unpaired) electrons. The number of aliphatic hydroxyl groups excluding tert-OH is 1. The standard InChI is InChI=1S/C29H40N6O4/c1-18-11-22-14-30-35(27-13-26(31-20(3)32-27)34-15-23(16-34)38-17-19(2)36)25(22)12-24(18)21-7-9-33(10-8-21)28(37)39-29(4,5)6/h11-14,19,21,23,36H,7-10,15-17H2,1-6H3. The molecule has 2 saturated heterocycles. The second kappa shape index (κ2) is 10.7. The lowest BCUT2D eigenvalue weighted by atomic mass is 9.86. The molecule has 39 heavy (non-hydrogen) atoms. The van der Waals surface area contributed by atoms with Gasteiger partial charge in [0.05, 0.1) is 30.5 Å². The van der Waals surface area contributed by atoms with Crippen LogP contribution >= 0.6 is 0 Å². The summed E-state index contributed by atoms with van der Waals surface area (Å²) in [5.41, 5.74) is 3.05.